The Labute approximate surface area is 86.0 Å². The molecule has 15 heavy (non-hydrogen) atoms. The van der Waals surface area contributed by atoms with Crippen LogP contribution in [0.5, 0.6) is 0 Å². The number of hydrogen-bond acceptors (Lipinski definition) is 4. The van der Waals surface area contributed by atoms with Crippen LogP contribution in [0.1, 0.15) is 0 Å². The van der Waals surface area contributed by atoms with Gasteiger partial charge < -0.3 is 10.1 Å². The molecule has 0 bridgehead atoms. The van der Waals surface area contributed by atoms with Gasteiger partial charge >= 0.3 is 0 Å². The second kappa shape index (κ2) is 5.26. The Bertz CT molecular complexity index is 357. The molecular formula is C9H11FN2O3. The lowest BCUT2D eigenvalue weighted by molar-refractivity contribution is -0.384. The van der Waals surface area contributed by atoms with E-state index in [0.29, 0.717) is 18.8 Å². The van der Waals surface area contributed by atoms with Crippen molar-refractivity contribution in [2.75, 3.05) is 25.6 Å². The van der Waals surface area contributed by atoms with Crippen molar-refractivity contribution in [2.24, 2.45) is 0 Å². The molecule has 0 amide bonds. The van der Waals surface area contributed by atoms with Crippen LogP contribution in [-0.4, -0.2) is 25.2 Å². The Kier molecular flexibility index (Phi) is 3.99. The monoisotopic (exact) mass is 214 g/mol. The number of nitro groups is 1. The van der Waals surface area contributed by atoms with Crippen molar-refractivity contribution in [3.8, 4) is 0 Å². The minimum absolute atomic E-state index is 0.272. The van der Waals surface area contributed by atoms with E-state index in [0.717, 1.165) is 6.07 Å². The van der Waals surface area contributed by atoms with Gasteiger partial charge in [-0.3, -0.25) is 10.1 Å². The number of nitro benzene ring substituents is 1. The molecule has 0 saturated heterocycles. The fourth-order valence-electron chi connectivity index (χ4n) is 1.09. The van der Waals surface area contributed by atoms with Gasteiger partial charge in [0, 0.05) is 13.7 Å². The van der Waals surface area contributed by atoms with Crippen LogP contribution >= 0.6 is 0 Å². The molecule has 0 spiro atoms. The number of rotatable bonds is 5. The van der Waals surface area contributed by atoms with E-state index in [4.69, 9.17) is 4.74 Å². The molecule has 6 heteroatoms. The number of methoxy groups -OCH3 is 1. The van der Waals surface area contributed by atoms with Crippen LogP contribution in [0.2, 0.25) is 0 Å². The highest BCUT2D eigenvalue weighted by atomic mass is 19.1. The summed E-state index contributed by atoms with van der Waals surface area (Å²) in [5.74, 6) is -0.626. The molecule has 1 aromatic carbocycles. The number of benzene rings is 1. The van der Waals surface area contributed by atoms with Crippen LogP contribution in [0, 0.1) is 15.9 Å². The number of anilines is 1. The second-order valence-corrected chi connectivity index (χ2v) is 2.84. The van der Waals surface area contributed by atoms with E-state index in [1.807, 2.05) is 0 Å². The first-order valence-corrected chi connectivity index (χ1v) is 4.32. The van der Waals surface area contributed by atoms with Crippen molar-refractivity contribution in [3.63, 3.8) is 0 Å². The van der Waals surface area contributed by atoms with Crippen LogP contribution in [0.25, 0.3) is 0 Å². The van der Waals surface area contributed by atoms with Gasteiger partial charge in [-0.2, -0.15) is 0 Å². The van der Waals surface area contributed by atoms with Gasteiger partial charge in [0.25, 0.3) is 5.69 Å². The minimum atomic E-state index is -0.627. The van der Waals surface area contributed by atoms with Gasteiger partial charge in [-0.15, -0.1) is 0 Å². The number of nitrogens with zero attached hydrogens (tertiary/aromatic N) is 1. The van der Waals surface area contributed by atoms with E-state index in [1.165, 1.54) is 19.2 Å². The van der Waals surface area contributed by atoms with E-state index in [2.05, 4.69) is 5.32 Å². The summed E-state index contributed by atoms with van der Waals surface area (Å²) in [6.07, 6.45) is 0. The third-order valence-electron chi connectivity index (χ3n) is 1.78. The first-order valence-electron chi connectivity index (χ1n) is 4.32. The maximum atomic E-state index is 12.7. The fraction of sp³-hybridized carbons (Fsp3) is 0.333. The summed E-state index contributed by atoms with van der Waals surface area (Å²) in [5, 5.41) is 13.4. The second-order valence-electron chi connectivity index (χ2n) is 2.84. The Hall–Kier alpha value is -1.69. The van der Waals surface area contributed by atoms with Gasteiger partial charge in [0.1, 0.15) is 11.5 Å². The maximum Gasteiger partial charge on any atom is 0.295 e. The summed E-state index contributed by atoms with van der Waals surface area (Å²) in [7, 11) is 1.53. The smallest absolute Gasteiger partial charge is 0.295 e. The minimum Gasteiger partial charge on any atom is -0.383 e. The zero-order valence-electron chi connectivity index (χ0n) is 8.20. The molecule has 0 aliphatic carbocycles. The standard InChI is InChI=1S/C9H11FN2O3/c1-15-5-4-11-8-3-2-7(10)6-9(8)12(13)14/h2-3,6,11H,4-5H2,1H3. The molecule has 0 saturated carbocycles. The Morgan fingerprint density at radius 2 is 2.33 bits per heavy atom. The lowest BCUT2D eigenvalue weighted by Gasteiger charge is -2.05. The van der Waals surface area contributed by atoms with Gasteiger partial charge in [-0.05, 0) is 12.1 Å². The summed E-state index contributed by atoms with van der Waals surface area (Å²) in [4.78, 5) is 9.95. The van der Waals surface area contributed by atoms with Gasteiger partial charge in [0.05, 0.1) is 17.6 Å². The molecule has 82 valence electrons. The average Bonchev–Trinajstić information content (AvgIpc) is 2.20. The molecule has 1 rings (SSSR count). The van der Waals surface area contributed by atoms with Crippen molar-refractivity contribution < 1.29 is 14.1 Å². The molecule has 0 atom stereocenters. The predicted molar refractivity (Wildman–Crippen MR) is 53.4 cm³/mol. The molecule has 0 heterocycles. The van der Waals surface area contributed by atoms with E-state index in [-0.39, 0.29) is 5.69 Å². The summed E-state index contributed by atoms with van der Waals surface area (Å²) < 4.78 is 17.5. The van der Waals surface area contributed by atoms with Crippen molar-refractivity contribution in [1.29, 1.82) is 0 Å². The van der Waals surface area contributed by atoms with Crippen LogP contribution in [0.4, 0.5) is 15.8 Å². The van der Waals surface area contributed by atoms with Gasteiger partial charge in [-0.25, -0.2) is 4.39 Å². The molecule has 0 aliphatic rings. The number of ether oxygens (including phenoxy) is 1. The van der Waals surface area contributed by atoms with Crippen molar-refractivity contribution in [2.45, 2.75) is 0 Å². The molecule has 1 N–H and O–H groups in total. The summed E-state index contributed by atoms with van der Waals surface area (Å²) >= 11 is 0. The fourth-order valence-corrected chi connectivity index (χ4v) is 1.09. The Balaban J connectivity index is 2.81. The lowest BCUT2D eigenvalue weighted by atomic mass is 10.2. The summed E-state index contributed by atoms with van der Waals surface area (Å²) in [6, 6.07) is 3.39. The maximum absolute atomic E-state index is 12.7. The Morgan fingerprint density at radius 3 is 2.93 bits per heavy atom. The van der Waals surface area contributed by atoms with E-state index < -0.39 is 10.7 Å². The molecule has 5 nitrogen and oxygen atoms in total. The third-order valence-corrected chi connectivity index (χ3v) is 1.78. The highest BCUT2D eigenvalue weighted by molar-refractivity contribution is 5.61. The van der Waals surface area contributed by atoms with Crippen LogP contribution < -0.4 is 5.32 Å². The molecule has 0 fully saturated rings. The van der Waals surface area contributed by atoms with Crippen molar-refractivity contribution >= 4 is 11.4 Å². The third kappa shape index (κ3) is 3.17. The predicted octanol–water partition coefficient (Wildman–Crippen LogP) is 1.79. The molecule has 0 aromatic heterocycles. The number of hydrogen-bond donors (Lipinski definition) is 1. The van der Waals surface area contributed by atoms with Crippen molar-refractivity contribution in [3.05, 3.63) is 34.1 Å². The first-order chi connectivity index (χ1) is 7.15. The lowest BCUT2D eigenvalue weighted by Crippen LogP contribution is -2.09. The summed E-state index contributed by atoms with van der Waals surface area (Å²) in [6.45, 7) is 0.859. The Morgan fingerprint density at radius 1 is 1.60 bits per heavy atom. The summed E-state index contributed by atoms with van der Waals surface area (Å²) in [5.41, 5.74) is 0.0181. The van der Waals surface area contributed by atoms with Gasteiger partial charge in [0.2, 0.25) is 0 Å². The largest absolute Gasteiger partial charge is 0.383 e. The van der Waals surface area contributed by atoms with Gasteiger partial charge in [-0.1, -0.05) is 0 Å². The SMILES string of the molecule is COCCNc1ccc(F)cc1[N+](=O)[O-]. The topological polar surface area (TPSA) is 64.4 Å². The molecular weight excluding hydrogens is 203 g/mol. The first kappa shape index (κ1) is 11.4. The zero-order chi connectivity index (χ0) is 11.3. The highest BCUT2D eigenvalue weighted by Gasteiger charge is 2.13. The molecule has 0 radical (unpaired) electrons. The van der Waals surface area contributed by atoms with Gasteiger partial charge in [0.15, 0.2) is 0 Å². The van der Waals surface area contributed by atoms with Crippen LogP contribution in [-0.2, 0) is 4.74 Å². The quantitative estimate of drug-likeness (QED) is 0.461. The van der Waals surface area contributed by atoms with Crippen molar-refractivity contribution in [1.82, 2.24) is 0 Å². The molecule has 0 unspecified atom stereocenters. The van der Waals surface area contributed by atoms with E-state index in [1.54, 1.807) is 0 Å². The zero-order valence-corrected chi connectivity index (χ0v) is 8.20. The average molecular weight is 214 g/mol. The number of nitrogens with one attached hydrogen (secondary N) is 1. The van der Waals surface area contributed by atoms with Crippen LogP contribution in [0.15, 0.2) is 18.2 Å². The van der Waals surface area contributed by atoms with E-state index in [9.17, 15) is 14.5 Å². The highest BCUT2D eigenvalue weighted by Crippen LogP contribution is 2.24. The van der Waals surface area contributed by atoms with E-state index >= 15 is 0 Å². The number of halogens is 1. The molecule has 0 aliphatic heterocycles. The molecule has 1 aromatic rings. The van der Waals surface area contributed by atoms with Crippen LogP contribution in [0.3, 0.4) is 0 Å². The normalized spacial score (nSPS) is 10.0.